The molecule has 0 amide bonds. The van der Waals surface area contributed by atoms with Crippen molar-refractivity contribution < 1.29 is 13.3 Å². The number of pyridine rings is 1. The van der Waals surface area contributed by atoms with Crippen LogP contribution >= 0.6 is 0 Å². The second-order valence-electron chi connectivity index (χ2n) is 3.68. The monoisotopic (exact) mass is 289 g/mol. The molecule has 1 heterocycles. The highest BCUT2D eigenvalue weighted by Crippen LogP contribution is 2.20. The van der Waals surface area contributed by atoms with Crippen molar-refractivity contribution in [1.29, 1.82) is 0 Å². The first kappa shape index (κ1) is 15.1. The molecule has 0 aliphatic rings. The van der Waals surface area contributed by atoms with Crippen molar-refractivity contribution in [2.75, 3.05) is 29.5 Å². The number of rotatable bonds is 7. The Labute approximate surface area is 110 Å². The zero-order valence-corrected chi connectivity index (χ0v) is 11.1. The van der Waals surface area contributed by atoms with Gasteiger partial charge in [0.05, 0.1) is 22.8 Å². The largest absolute Gasteiger partial charge is 0.370 e. The first-order valence-electron chi connectivity index (χ1n) is 5.46. The number of primary sulfonamides is 1. The van der Waals surface area contributed by atoms with Crippen LogP contribution in [0.1, 0.15) is 6.92 Å². The molecule has 0 atom stereocenters. The molecule has 0 fully saturated rings. The van der Waals surface area contributed by atoms with Crippen LogP contribution in [0.4, 0.5) is 17.3 Å². The minimum absolute atomic E-state index is 0.0264. The summed E-state index contributed by atoms with van der Waals surface area (Å²) in [6, 6.07) is 2.53. The first-order chi connectivity index (χ1) is 8.81. The molecule has 0 aromatic carbocycles. The van der Waals surface area contributed by atoms with Crippen molar-refractivity contribution in [3.63, 3.8) is 0 Å². The summed E-state index contributed by atoms with van der Waals surface area (Å²) < 4.78 is 21.5. The Kier molecular flexibility index (Phi) is 5.01. The van der Waals surface area contributed by atoms with Crippen molar-refractivity contribution in [1.82, 2.24) is 4.98 Å². The predicted molar refractivity (Wildman–Crippen MR) is 71.5 cm³/mol. The number of sulfonamides is 1. The molecule has 9 nitrogen and oxygen atoms in total. The van der Waals surface area contributed by atoms with Crippen LogP contribution in [0.2, 0.25) is 0 Å². The summed E-state index contributed by atoms with van der Waals surface area (Å²) in [6.07, 6.45) is 0. The lowest BCUT2D eigenvalue weighted by atomic mass is 10.3. The van der Waals surface area contributed by atoms with E-state index in [1.165, 1.54) is 12.1 Å². The third kappa shape index (κ3) is 5.48. The summed E-state index contributed by atoms with van der Waals surface area (Å²) in [5, 5.41) is 21.1. The van der Waals surface area contributed by atoms with Crippen LogP contribution in [0, 0.1) is 10.1 Å². The fraction of sp³-hybridized carbons (Fsp3) is 0.444. The molecule has 10 heteroatoms. The summed E-state index contributed by atoms with van der Waals surface area (Å²) in [6.45, 7) is 2.41. The van der Waals surface area contributed by atoms with Crippen molar-refractivity contribution in [2.45, 2.75) is 6.92 Å². The predicted octanol–water partition coefficient (Wildman–Crippen LogP) is 0.122. The van der Waals surface area contributed by atoms with Crippen molar-refractivity contribution in [3.8, 4) is 0 Å². The fourth-order valence-corrected chi connectivity index (χ4v) is 1.69. The minimum atomic E-state index is -3.58. The zero-order valence-electron chi connectivity index (χ0n) is 10.3. The zero-order chi connectivity index (χ0) is 14.5. The van der Waals surface area contributed by atoms with Crippen molar-refractivity contribution in [3.05, 3.63) is 22.2 Å². The van der Waals surface area contributed by atoms with E-state index < -0.39 is 14.9 Å². The highest BCUT2D eigenvalue weighted by molar-refractivity contribution is 7.89. The van der Waals surface area contributed by atoms with Crippen LogP contribution in [0.15, 0.2) is 12.1 Å². The lowest BCUT2D eigenvalue weighted by Crippen LogP contribution is -2.22. The molecule has 0 aliphatic carbocycles. The molecule has 0 bridgehead atoms. The Morgan fingerprint density at radius 2 is 1.95 bits per heavy atom. The van der Waals surface area contributed by atoms with Crippen molar-refractivity contribution in [2.24, 2.45) is 5.14 Å². The molecule has 1 rings (SSSR count). The lowest BCUT2D eigenvalue weighted by Gasteiger charge is -2.07. The maximum atomic E-state index is 10.8. The number of nitro groups is 1. The number of hydrogen-bond acceptors (Lipinski definition) is 7. The van der Waals surface area contributed by atoms with E-state index in [9.17, 15) is 18.5 Å². The first-order valence-corrected chi connectivity index (χ1v) is 7.18. The van der Waals surface area contributed by atoms with E-state index in [0.29, 0.717) is 12.4 Å². The molecule has 1 aromatic heterocycles. The van der Waals surface area contributed by atoms with Gasteiger partial charge in [-0.05, 0) is 6.92 Å². The molecule has 0 saturated heterocycles. The molecule has 19 heavy (non-hydrogen) atoms. The number of nitrogens with two attached hydrogens (primary N) is 1. The SMILES string of the molecule is CCNc1cc([N+](=O)[O-])cc(NCCS(N)(=O)=O)n1. The van der Waals surface area contributed by atoms with Crippen LogP contribution in [-0.4, -0.2) is 37.2 Å². The van der Waals surface area contributed by atoms with E-state index in [4.69, 9.17) is 5.14 Å². The Morgan fingerprint density at radius 1 is 1.37 bits per heavy atom. The summed E-state index contributed by atoms with van der Waals surface area (Å²) in [5.41, 5.74) is -0.135. The van der Waals surface area contributed by atoms with Gasteiger partial charge in [0.15, 0.2) is 0 Å². The van der Waals surface area contributed by atoms with Gasteiger partial charge < -0.3 is 10.6 Å². The quantitative estimate of drug-likeness (QED) is 0.478. The van der Waals surface area contributed by atoms with Gasteiger partial charge in [-0.3, -0.25) is 10.1 Å². The topological polar surface area (TPSA) is 140 Å². The van der Waals surface area contributed by atoms with Crippen LogP contribution in [0.25, 0.3) is 0 Å². The van der Waals surface area contributed by atoms with E-state index in [-0.39, 0.29) is 23.8 Å². The number of aromatic nitrogens is 1. The average Bonchev–Trinajstić information content (AvgIpc) is 2.27. The van der Waals surface area contributed by atoms with Gasteiger partial charge in [-0.15, -0.1) is 0 Å². The summed E-state index contributed by atoms with van der Waals surface area (Å²) in [7, 11) is -3.58. The minimum Gasteiger partial charge on any atom is -0.370 e. The van der Waals surface area contributed by atoms with E-state index in [1.807, 2.05) is 6.92 Å². The molecule has 1 aromatic rings. The number of nitrogens with one attached hydrogen (secondary N) is 2. The number of nitrogens with zero attached hydrogens (tertiary/aromatic N) is 2. The van der Waals surface area contributed by atoms with Gasteiger partial charge in [0, 0.05) is 13.1 Å². The van der Waals surface area contributed by atoms with Gasteiger partial charge in [-0.25, -0.2) is 18.5 Å². The van der Waals surface area contributed by atoms with Gasteiger partial charge in [0.25, 0.3) is 5.69 Å². The van der Waals surface area contributed by atoms with Crippen LogP contribution < -0.4 is 15.8 Å². The molecular formula is C9H15N5O4S. The summed E-state index contributed by atoms with van der Waals surface area (Å²) in [5.74, 6) is 0.275. The Hall–Kier alpha value is -1.94. The Bertz CT molecular complexity index is 560. The Morgan fingerprint density at radius 3 is 2.42 bits per heavy atom. The standard InChI is InChI=1S/C9H15N5O4S/c1-2-11-8-5-7(14(15)16)6-9(13-8)12-3-4-19(10,17)18/h5-6H,2-4H2,1H3,(H2,10,17,18)(H2,11,12,13). The second-order valence-corrected chi connectivity index (χ2v) is 5.41. The van der Waals surface area contributed by atoms with Gasteiger partial charge in [0.1, 0.15) is 11.6 Å². The van der Waals surface area contributed by atoms with E-state index >= 15 is 0 Å². The average molecular weight is 289 g/mol. The molecule has 0 unspecified atom stereocenters. The molecule has 0 saturated carbocycles. The maximum absolute atomic E-state index is 10.8. The van der Waals surface area contributed by atoms with Crippen LogP contribution in [0.5, 0.6) is 0 Å². The molecule has 0 spiro atoms. The molecule has 106 valence electrons. The maximum Gasteiger partial charge on any atom is 0.276 e. The summed E-state index contributed by atoms with van der Waals surface area (Å²) >= 11 is 0. The van der Waals surface area contributed by atoms with E-state index in [1.54, 1.807) is 0 Å². The highest BCUT2D eigenvalue weighted by atomic mass is 32.2. The molecule has 4 N–H and O–H groups in total. The molecule has 0 aliphatic heterocycles. The van der Waals surface area contributed by atoms with Gasteiger partial charge in [0.2, 0.25) is 10.0 Å². The number of anilines is 2. The number of hydrogen-bond donors (Lipinski definition) is 3. The Balaban J connectivity index is 2.84. The summed E-state index contributed by atoms with van der Waals surface area (Å²) in [4.78, 5) is 14.3. The highest BCUT2D eigenvalue weighted by Gasteiger charge is 2.11. The van der Waals surface area contributed by atoms with Crippen LogP contribution in [-0.2, 0) is 10.0 Å². The molecular weight excluding hydrogens is 274 g/mol. The van der Waals surface area contributed by atoms with Gasteiger partial charge in [-0.2, -0.15) is 0 Å². The third-order valence-electron chi connectivity index (χ3n) is 2.07. The van der Waals surface area contributed by atoms with Crippen molar-refractivity contribution >= 4 is 27.3 Å². The smallest absolute Gasteiger partial charge is 0.276 e. The lowest BCUT2D eigenvalue weighted by molar-refractivity contribution is -0.384. The fourth-order valence-electron chi connectivity index (χ4n) is 1.31. The normalized spacial score (nSPS) is 11.1. The molecule has 0 radical (unpaired) electrons. The second kappa shape index (κ2) is 6.29. The van der Waals surface area contributed by atoms with E-state index in [0.717, 1.165) is 0 Å². The van der Waals surface area contributed by atoms with E-state index in [2.05, 4.69) is 15.6 Å². The van der Waals surface area contributed by atoms with Gasteiger partial charge in [-0.1, -0.05) is 0 Å². The third-order valence-corrected chi connectivity index (χ3v) is 2.84. The van der Waals surface area contributed by atoms with Crippen LogP contribution in [0.3, 0.4) is 0 Å². The van der Waals surface area contributed by atoms with Gasteiger partial charge >= 0.3 is 0 Å².